The summed E-state index contributed by atoms with van der Waals surface area (Å²) in [4.78, 5) is 26.9. The highest BCUT2D eigenvalue weighted by atomic mass is 16.2. The Morgan fingerprint density at radius 3 is 2.39 bits per heavy atom. The summed E-state index contributed by atoms with van der Waals surface area (Å²) in [6, 6.07) is 2.40. The number of pyridine rings is 1. The summed E-state index contributed by atoms with van der Waals surface area (Å²) in [5.74, 6) is -0.543. The van der Waals surface area contributed by atoms with Gasteiger partial charge < -0.3 is 16.8 Å². The monoisotopic (exact) mass is 250 g/mol. The van der Waals surface area contributed by atoms with Crippen molar-refractivity contribution in [2.45, 2.75) is 32.7 Å². The van der Waals surface area contributed by atoms with Crippen molar-refractivity contribution in [1.82, 2.24) is 10.3 Å². The van der Waals surface area contributed by atoms with Gasteiger partial charge in [-0.05, 0) is 25.0 Å². The van der Waals surface area contributed by atoms with Gasteiger partial charge in [-0.15, -0.1) is 0 Å². The van der Waals surface area contributed by atoms with E-state index in [1.165, 1.54) is 13.0 Å². The van der Waals surface area contributed by atoms with Gasteiger partial charge in [-0.2, -0.15) is 0 Å². The number of carbonyl (C=O) groups excluding carboxylic acids is 2. The highest BCUT2D eigenvalue weighted by molar-refractivity contribution is 5.97. The second-order valence-corrected chi connectivity index (χ2v) is 4.46. The standard InChI is InChI=1S/C12H18N4O2/c1-6(2)9-4-8(5-10(13)16-9)12(18)15-7(3)11(14)17/h4-7H,1-3H3,(H2,13,16)(H2,14,17)(H,15,18). The maximum Gasteiger partial charge on any atom is 0.252 e. The number of hydrogen-bond acceptors (Lipinski definition) is 4. The minimum Gasteiger partial charge on any atom is -0.384 e. The highest BCUT2D eigenvalue weighted by Gasteiger charge is 2.15. The Morgan fingerprint density at radius 1 is 1.28 bits per heavy atom. The Hall–Kier alpha value is -2.11. The molecular weight excluding hydrogens is 232 g/mol. The predicted molar refractivity (Wildman–Crippen MR) is 68.9 cm³/mol. The number of aromatic nitrogens is 1. The number of rotatable bonds is 4. The van der Waals surface area contributed by atoms with Crippen molar-refractivity contribution < 1.29 is 9.59 Å². The molecule has 6 heteroatoms. The number of amides is 2. The minimum absolute atomic E-state index is 0.161. The van der Waals surface area contributed by atoms with Crippen molar-refractivity contribution in [3.05, 3.63) is 23.4 Å². The van der Waals surface area contributed by atoms with E-state index in [4.69, 9.17) is 11.5 Å². The molecule has 5 N–H and O–H groups in total. The molecule has 6 nitrogen and oxygen atoms in total. The number of nitrogen functional groups attached to an aromatic ring is 1. The summed E-state index contributed by atoms with van der Waals surface area (Å²) in [5, 5.41) is 2.49. The molecule has 2 amide bonds. The predicted octanol–water partition coefficient (Wildman–Crippen LogP) is 0.391. The molecule has 0 radical (unpaired) electrons. The summed E-state index contributed by atoms with van der Waals surface area (Å²) in [5.41, 5.74) is 11.8. The van der Waals surface area contributed by atoms with Gasteiger partial charge in [0.1, 0.15) is 11.9 Å². The molecule has 0 bridgehead atoms. The van der Waals surface area contributed by atoms with Crippen LogP contribution in [-0.4, -0.2) is 22.8 Å². The number of nitrogens with zero attached hydrogens (tertiary/aromatic N) is 1. The summed E-state index contributed by atoms with van der Waals surface area (Å²) >= 11 is 0. The zero-order valence-corrected chi connectivity index (χ0v) is 10.7. The zero-order valence-electron chi connectivity index (χ0n) is 10.7. The van der Waals surface area contributed by atoms with Gasteiger partial charge >= 0.3 is 0 Å². The summed E-state index contributed by atoms with van der Waals surface area (Å²) < 4.78 is 0. The van der Waals surface area contributed by atoms with Gasteiger partial charge in [0, 0.05) is 11.3 Å². The van der Waals surface area contributed by atoms with Crippen molar-refractivity contribution >= 4 is 17.6 Å². The van der Waals surface area contributed by atoms with Gasteiger partial charge in [0.15, 0.2) is 0 Å². The Morgan fingerprint density at radius 2 is 1.89 bits per heavy atom. The second-order valence-electron chi connectivity index (χ2n) is 4.46. The van der Waals surface area contributed by atoms with E-state index in [0.29, 0.717) is 5.56 Å². The van der Waals surface area contributed by atoms with Crippen LogP contribution in [0.25, 0.3) is 0 Å². The number of carbonyl (C=O) groups is 2. The molecule has 1 aromatic rings. The smallest absolute Gasteiger partial charge is 0.252 e. The molecule has 1 aromatic heterocycles. The molecule has 0 saturated heterocycles. The summed E-state index contributed by atoms with van der Waals surface area (Å²) in [7, 11) is 0. The number of hydrogen-bond donors (Lipinski definition) is 3. The van der Waals surface area contributed by atoms with E-state index < -0.39 is 17.9 Å². The average molecular weight is 250 g/mol. The maximum atomic E-state index is 11.9. The first-order valence-electron chi connectivity index (χ1n) is 5.69. The van der Waals surface area contributed by atoms with Crippen LogP contribution < -0.4 is 16.8 Å². The molecule has 1 atom stereocenters. The molecule has 0 aliphatic carbocycles. The lowest BCUT2D eigenvalue weighted by atomic mass is 10.1. The SMILES string of the molecule is CC(NC(=O)c1cc(N)nc(C(C)C)c1)C(N)=O. The first-order valence-corrected chi connectivity index (χ1v) is 5.69. The fourth-order valence-corrected chi connectivity index (χ4v) is 1.35. The van der Waals surface area contributed by atoms with Crippen molar-refractivity contribution in [3.8, 4) is 0 Å². The molecular formula is C12H18N4O2. The van der Waals surface area contributed by atoms with Crippen LogP contribution in [0.4, 0.5) is 5.82 Å². The van der Waals surface area contributed by atoms with E-state index in [-0.39, 0.29) is 11.7 Å². The second kappa shape index (κ2) is 5.48. The van der Waals surface area contributed by atoms with E-state index >= 15 is 0 Å². The maximum absolute atomic E-state index is 11.9. The van der Waals surface area contributed by atoms with Crippen LogP contribution in [0.2, 0.25) is 0 Å². The van der Waals surface area contributed by atoms with Crippen LogP contribution in [0.1, 0.15) is 42.7 Å². The summed E-state index contributed by atoms with van der Waals surface area (Å²) in [6.45, 7) is 5.43. The highest BCUT2D eigenvalue weighted by Crippen LogP contribution is 2.16. The fraction of sp³-hybridized carbons (Fsp3) is 0.417. The van der Waals surface area contributed by atoms with E-state index in [1.807, 2.05) is 13.8 Å². The van der Waals surface area contributed by atoms with Gasteiger partial charge in [-0.25, -0.2) is 4.98 Å². The van der Waals surface area contributed by atoms with Gasteiger partial charge in [0.05, 0.1) is 0 Å². The van der Waals surface area contributed by atoms with Crippen LogP contribution in [0.5, 0.6) is 0 Å². The van der Waals surface area contributed by atoms with E-state index in [2.05, 4.69) is 10.3 Å². The van der Waals surface area contributed by atoms with E-state index in [0.717, 1.165) is 5.69 Å². The largest absolute Gasteiger partial charge is 0.384 e. The van der Waals surface area contributed by atoms with Crippen LogP contribution in [0, 0.1) is 0 Å². The lowest BCUT2D eigenvalue weighted by Gasteiger charge is -2.12. The first-order chi connectivity index (χ1) is 8.31. The van der Waals surface area contributed by atoms with Crippen molar-refractivity contribution in [3.63, 3.8) is 0 Å². The Kier molecular flexibility index (Phi) is 4.25. The van der Waals surface area contributed by atoms with Gasteiger partial charge in [-0.3, -0.25) is 9.59 Å². The molecule has 0 aromatic carbocycles. The lowest BCUT2D eigenvalue weighted by molar-refractivity contribution is -0.119. The molecule has 1 unspecified atom stereocenters. The van der Waals surface area contributed by atoms with Gasteiger partial charge in [-0.1, -0.05) is 13.8 Å². The van der Waals surface area contributed by atoms with Crippen LogP contribution >= 0.6 is 0 Å². The third-order valence-corrected chi connectivity index (χ3v) is 2.49. The Balaban J connectivity index is 2.95. The van der Waals surface area contributed by atoms with Gasteiger partial charge in [0.2, 0.25) is 5.91 Å². The molecule has 0 saturated carbocycles. The number of nitrogens with one attached hydrogen (secondary N) is 1. The molecule has 0 aliphatic rings. The number of primary amides is 1. The van der Waals surface area contributed by atoms with E-state index in [1.54, 1.807) is 6.07 Å². The third-order valence-electron chi connectivity index (χ3n) is 2.49. The molecule has 18 heavy (non-hydrogen) atoms. The Bertz CT molecular complexity index is 471. The summed E-state index contributed by atoms with van der Waals surface area (Å²) in [6.07, 6.45) is 0. The normalized spacial score (nSPS) is 12.2. The van der Waals surface area contributed by atoms with Crippen molar-refractivity contribution in [2.24, 2.45) is 5.73 Å². The third kappa shape index (κ3) is 3.44. The molecule has 98 valence electrons. The van der Waals surface area contributed by atoms with Crippen LogP contribution in [0.3, 0.4) is 0 Å². The molecule has 0 spiro atoms. The van der Waals surface area contributed by atoms with Crippen molar-refractivity contribution in [2.75, 3.05) is 5.73 Å². The number of anilines is 1. The average Bonchev–Trinajstić information content (AvgIpc) is 2.27. The zero-order chi connectivity index (χ0) is 13.9. The molecule has 0 fully saturated rings. The molecule has 1 rings (SSSR count). The van der Waals surface area contributed by atoms with Crippen LogP contribution in [-0.2, 0) is 4.79 Å². The quantitative estimate of drug-likeness (QED) is 0.717. The fourth-order valence-electron chi connectivity index (χ4n) is 1.35. The van der Waals surface area contributed by atoms with Crippen LogP contribution in [0.15, 0.2) is 12.1 Å². The van der Waals surface area contributed by atoms with E-state index in [9.17, 15) is 9.59 Å². The Labute approximate surface area is 106 Å². The van der Waals surface area contributed by atoms with Crippen molar-refractivity contribution in [1.29, 1.82) is 0 Å². The van der Waals surface area contributed by atoms with Gasteiger partial charge in [0.25, 0.3) is 5.91 Å². The number of nitrogens with two attached hydrogens (primary N) is 2. The lowest BCUT2D eigenvalue weighted by Crippen LogP contribution is -2.42. The molecule has 1 heterocycles. The first kappa shape index (κ1) is 14.0. The topological polar surface area (TPSA) is 111 Å². The molecule has 0 aliphatic heterocycles. The minimum atomic E-state index is -0.727.